The molecule has 0 atom stereocenters. The van der Waals surface area contributed by atoms with Gasteiger partial charge in [-0.25, -0.2) is 0 Å². The first kappa shape index (κ1) is 15.8. The molecule has 19 heavy (non-hydrogen) atoms. The van der Waals surface area contributed by atoms with E-state index in [1.807, 2.05) is 0 Å². The summed E-state index contributed by atoms with van der Waals surface area (Å²) in [6.07, 6.45) is 0.693. The normalized spacial score (nSPS) is 10.6. The van der Waals surface area contributed by atoms with E-state index in [0.29, 0.717) is 54.1 Å². The van der Waals surface area contributed by atoms with Crippen molar-refractivity contribution in [1.29, 1.82) is 0 Å². The highest BCUT2D eigenvalue weighted by Crippen LogP contribution is 2.33. The molecule has 5 heteroatoms. The number of ether oxygens (including phenoxy) is 3. The molecular weight excluding hydrogens is 268 g/mol. The number of aldehydes is 1. The molecular formula is C14H19ClO4. The summed E-state index contributed by atoms with van der Waals surface area (Å²) >= 11 is 5.88. The first-order valence-electron chi connectivity index (χ1n) is 6.11. The molecule has 0 fully saturated rings. The van der Waals surface area contributed by atoms with Crippen LogP contribution in [0, 0.1) is 5.92 Å². The fourth-order valence-electron chi connectivity index (χ4n) is 1.50. The highest BCUT2D eigenvalue weighted by atomic mass is 35.5. The summed E-state index contributed by atoms with van der Waals surface area (Å²) in [4.78, 5) is 11.0. The third-order valence-electron chi connectivity index (χ3n) is 2.32. The zero-order valence-electron chi connectivity index (χ0n) is 11.4. The van der Waals surface area contributed by atoms with Crippen molar-refractivity contribution >= 4 is 17.9 Å². The largest absolute Gasteiger partial charge is 0.493 e. The quantitative estimate of drug-likeness (QED) is 0.544. The van der Waals surface area contributed by atoms with Crippen LogP contribution in [0.15, 0.2) is 12.1 Å². The number of benzene rings is 1. The van der Waals surface area contributed by atoms with Gasteiger partial charge in [-0.15, -0.1) is 0 Å². The Morgan fingerprint density at radius 3 is 2.63 bits per heavy atom. The summed E-state index contributed by atoms with van der Waals surface area (Å²) in [6, 6.07) is 3.15. The Balaban J connectivity index is 2.63. The van der Waals surface area contributed by atoms with Gasteiger partial charge in [-0.2, -0.15) is 0 Å². The van der Waals surface area contributed by atoms with Crippen LogP contribution in [0.1, 0.15) is 24.2 Å². The van der Waals surface area contributed by atoms with Crippen molar-refractivity contribution in [2.75, 3.05) is 26.9 Å². The second kappa shape index (κ2) is 8.02. The van der Waals surface area contributed by atoms with Crippen LogP contribution in [0.5, 0.6) is 11.5 Å². The van der Waals surface area contributed by atoms with Crippen LogP contribution >= 0.6 is 11.6 Å². The molecule has 0 spiro atoms. The molecule has 0 aromatic heterocycles. The molecule has 0 aliphatic carbocycles. The molecule has 0 heterocycles. The van der Waals surface area contributed by atoms with E-state index in [4.69, 9.17) is 25.8 Å². The summed E-state index contributed by atoms with van der Waals surface area (Å²) < 4.78 is 16.1. The maximum atomic E-state index is 11.0. The predicted octanol–water partition coefficient (Wildman–Crippen LogP) is 3.21. The molecule has 1 rings (SSSR count). The standard InChI is InChI=1S/C14H19ClO4/c1-10(2)9-18-4-5-19-14-11(8-16)6-12(15)7-13(14)17-3/h6-8,10H,4-5,9H2,1-3H3. The van der Waals surface area contributed by atoms with Gasteiger partial charge < -0.3 is 14.2 Å². The highest BCUT2D eigenvalue weighted by molar-refractivity contribution is 6.31. The summed E-state index contributed by atoms with van der Waals surface area (Å²) in [5, 5.41) is 0.433. The van der Waals surface area contributed by atoms with Crippen LogP contribution in [0.2, 0.25) is 5.02 Å². The number of carbonyl (C=O) groups excluding carboxylic acids is 1. The summed E-state index contributed by atoms with van der Waals surface area (Å²) in [5.41, 5.74) is 0.369. The maximum Gasteiger partial charge on any atom is 0.171 e. The number of hydrogen-bond donors (Lipinski definition) is 0. The molecule has 0 aliphatic rings. The smallest absolute Gasteiger partial charge is 0.171 e. The predicted molar refractivity (Wildman–Crippen MR) is 74.5 cm³/mol. The molecule has 0 radical (unpaired) electrons. The third kappa shape index (κ3) is 5.09. The van der Waals surface area contributed by atoms with Crippen molar-refractivity contribution in [2.45, 2.75) is 13.8 Å². The average Bonchev–Trinajstić information content (AvgIpc) is 2.38. The lowest BCUT2D eigenvalue weighted by molar-refractivity contribution is 0.0806. The summed E-state index contributed by atoms with van der Waals surface area (Å²) in [5.74, 6) is 1.32. The zero-order chi connectivity index (χ0) is 14.3. The Morgan fingerprint density at radius 1 is 1.32 bits per heavy atom. The molecule has 4 nitrogen and oxygen atoms in total. The van der Waals surface area contributed by atoms with Crippen LogP contribution in [-0.2, 0) is 4.74 Å². The monoisotopic (exact) mass is 286 g/mol. The van der Waals surface area contributed by atoms with Crippen molar-refractivity contribution in [3.8, 4) is 11.5 Å². The van der Waals surface area contributed by atoms with Crippen LogP contribution in [0.25, 0.3) is 0 Å². The van der Waals surface area contributed by atoms with E-state index >= 15 is 0 Å². The van der Waals surface area contributed by atoms with Crippen LogP contribution in [0.3, 0.4) is 0 Å². The number of hydrogen-bond acceptors (Lipinski definition) is 4. The van der Waals surface area contributed by atoms with E-state index in [-0.39, 0.29) is 0 Å². The van der Waals surface area contributed by atoms with Crippen molar-refractivity contribution in [2.24, 2.45) is 5.92 Å². The first-order chi connectivity index (χ1) is 9.08. The lowest BCUT2D eigenvalue weighted by atomic mass is 10.2. The minimum Gasteiger partial charge on any atom is -0.493 e. The van der Waals surface area contributed by atoms with Gasteiger partial charge in [0, 0.05) is 17.7 Å². The number of halogens is 1. The Kier molecular flexibility index (Phi) is 6.67. The van der Waals surface area contributed by atoms with Gasteiger partial charge in [-0.05, 0) is 12.0 Å². The fourth-order valence-corrected chi connectivity index (χ4v) is 1.72. The molecule has 0 N–H and O–H groups in total. The Hall–Kier alpha value is -1.26. The van der Waals surface area contributed by atoms with Gasteiger partial charge in [-0.1, -0.05) is 25.4 Å². The number of rotatable bonds is 8. The van der Waals surface area contributed by atoms with Gasteiger partial charge in [0.2, 0.25) is 0 Å². The van der Waals surface area contributed by atoms with Crippen molar-refractivity contribution in [1.82, 2.24) is 0 Å². The van der Waals surface area contributed by atoms with Crippen LogP contribution < -0.4 is 9.47 Å². The molecule has 0 bridgehead atoms. The average molecular weight is 287 g/mol. The number of carbonyl (C=O) groups is 1. The van der Waals surface area contributed by atoms with Crippen molar-refractivity contribution in [3.63, 3.8) is 0 Å². The summed E-state index contributed by atoms with van der Waals surface area (Å²) in [6.45, 7) is 5.65. The highest BCUT2D eigenvalue weighted by Gasteiger charge is 2.12. The minimum absolute atomic E-state index is 0.353. The van der Waals surface area contributed by atoms with E-state index in [1.165, 1.54) is 7.11 Å². The Bertz CT molecular complexity index is 418. The van der Waals surface area contributed by atoms with Crippen LogP contribution in [0.4, 0.5) is 0 Å². The molecule has 0 aliphatic heterocycles. The van der Waals surface area contributed by atoms with Crippen molar-refractivity contribution < 1.29 is 19.0 Å². The molecule has 1 aromatic rings. The van der Waals surface area contributed by atoms with Gasteiger partial charge in [0.05, 0.1) is 19.3 Å². The van der Waals surface area contributed by atoms with Gasteiger partial charge in [0.25, 0.3) is 0 Å². The SMILES string of the molecule is COc1cc(Cl)cc(C=O)c1OCCOCC(C)C. The van der Waals surface area contributed by atoms with Gasteiger partial charge in [0.1, 0.15) is 6.61 Å². The molecule has 0 saturated carbocycles. The molecule has 0 amide bonds. The molecule has 0 unspecified atom stereocenters. The van der Waals surface area contributed by atoms with E-state index < -0.39 is 0 Å². The summed E-state index contributed by atoms with van der Waals surface area (Å²) in [7, 11) is 1.50. The van der Waals surface area contributed by atoms with Gasteiger partial charge in [-0.3, -0.25) is 4.79 Å². The van der Waals surface area contributed by atoms with E-state index in [1.54, 1.807) is 12.1 Å². The first-order valence-corrected chi connectivity index (χ1v) is 6.49. The van der Waals surface area contributed by atoms with Crippen LogP contribution in [-0.4, -0.2) is 33.2 Å². The minimum atomic E-state index is 0.353. The second-order valence-electron chi connectivity index (χ2n) is 4.46. The maximum absolute atomic E-state index is 11.0. The fraction of sp³-hybridized carbons (Fsp3) is 0.500. The topological polar surface area (TPSA) is 44.8 Å². The third-order valence-corrected chi connectivity index (χ3v) is 2.54. The zero-order valence-corrected chi connectivity index (χ0v) is 12.2. The van der Waals surface area contributed by atoms with E-state index in [9.17, 15) is 4.79 Å². The Morgan fingerprint density at radius 2 is 2.05 bits per heavy atom. The number of methoxy groups -OCH3 is 1. The van der Waals surface area contributed by atoms with Gasteiger partial charge >= 0.3 is 0 Å². The molecule has 106 valence electrons. The lowest BCUT2D eigenvalue weighted by Gasteiger charge is -2.13. The van der Waals surface area contributed by atoms with Gasteiger partial charge in [0.15, 0.2) is 17.8 Å². The van der Waals surface area contributed by atoms with Crippen molar-refractivity contribution in [3.05, 3.63) is 22.7 Å². The molecule has 1 aromatic carbocycles. The van der Waals surface area contributed by atoms with E-state index in [0.717, 1.165) is 0 Å². The lowest BCUT2D eigenvalue weighted by Crippen LogP contribution is -2.11. The Labute approximate surface area is 118 Å². The second-order valence-corrected chi connectivity index (χ2v) is 4.90. The van der Waals surface area contributed by atoms with E-state index in [2.05, 4.69) is 13.8 Å². The molecule has 0 saturated heterocycles.